The summed E-state index contributed by atoms with van der Waals surface area (Å²) in [4.78, 5) is 24.5. The summed E-state index contributed by atoms with van der Waals surface area (Å²) in [5.41, 5.74) is 3.63. The van der Waals surface area contributed by atoms with E-state index in [1.165, 1.54) is 32.4 Å². The standard InChI is InChI=1S/C25H22Cl2FN3O5/c1-14(30-31-25(33)24(32)29-20-12-16(26)8-10-21(20)34-2)15-7-9-22(23(11-15)35-3)36-13-17-18(27)5-4-6-19(17)28/h4-12H,13H2,1-3H3,(H,29,32)(H,31,33). The van der Waals surface area contributed by atoms with Crippen molar-refractivity contribution in [2.75, 3.05) is 19.5 Å². The van der Waals surface area contributed by atoms with E-state index < -0.39 is 17.6 Å². The zero-order chi connectivity index (χ0) is 26.2. The molecule has 0 aliphatic carbocycles. The molecule has 0 aliphatic heterocycles. The lowest BCUT2D eigenvalue weighted by molar-refractivity contribution is -0.136. The first-order valence-corrected chi connectivity index (χ1v) is 11.2. The van der Waals surface area contributed by atoms with Gasteiger partial charge < -0.3 is 19.5 Å². The van der Waals surface area contributed by atoms with Gasteiger partial charge in [0.15, 0.2) is 11.5 Å². The van der Waals surface area contributed by atoms with Crippen molar-refractivity contribution in [2.45, 2.75) is 13.5 Å². The number of hydrogen-bond acceptors (Lipinski definition) is 6. The summed E-state index contributed by atoms with van der Waals surface area (Å²) >= 11 is 12.0. The van der Waals surface area contributed by atoms with E-state index >= 15 is 0 Å². The van der Waals surface area contributed by atoms with Crippen molar-refractivity contribution in [3.8, 4) is 17.2 Å². The van der Waals surface area contributed by atoms with Crippen LogP contribution in [0.1, 0.15) is 18.1 Å². The Bertz CT molecular complexity index is 1300. The molecule has 188 valence electrons. The Kier molecular flexibility index (Phi) is 9.10. The second-order valence-corrected chi connectivity index (χ2v) is 8.14. The highest BCUT2D eigenvalue weighted by atomic mass is 35.5. The lowest BCUT2D eigenvalue weighted by Crippen LogP contribution is -2.33. The van der Waals surface area contributed by atoms with Gasteiger partial charge in [0.05, 0.1) is 30.6 Å². The number of benzene rings is 3. The van der Waals surface area contributed by atoms with Gasteiger partial charge >= 0.3 is 11.8 Å². The number of hydrogen-bond donors (Lipinski definition) is 2. The first-order chi connectivity index (χ1) is 17.2. The quantitative estimate of drug-likeness (QED) is 0.235. The molecule has 2 amide bonds. The Labute approximate surface area is 217 Å². The van der Waals surface area contributed by atoms with Gasteiger partial charge in [-0.25, -0.2) is 9.82 Å². The maximum Gasteiger partial charge on any atom is 0.329 e. The summed E-state index contributed by atoms with van der Waals surface area (Å²) in [7, 11) is 2.87. The molecule has 8 nitrogen and oxygen atoms in total. The van der Waals surface area contributed by atoms with Gasteiger partial charge in [-0.3, -0.25) is 9.59 Å². The van der Waals surface area contributed by atoms with Crippen LogP contribution in [0.15, 0.2) is 59.7 Å². The third kappa shape index (κ3) is 6.65. The molecule has 0 heterocycles. The minimum Gasteiger partial charge on any atom is -0.495 e. The van der Waals surface area contributed by atoms with Crippen LogP contribution in [0.4, 0.5) is 10.1 Å². The van der Waals surface area contributed by atoms with Gasteiger partial charge in [0.25, 0.3) is 0 Å². The second-order valence-electron chi connectivity index (χ2n) is 7.29. The zero-order valence-corrected chi connectivity index (χ0v) is 21.0. The Morgan fingerprint density at radius 2 is 1.67 bits per heavy atom. The van der Waals surface area contributed by atoms with Crippen molar-refractivity contribution in [1.29, 1.82) is 0 Å². The predicted molar refractivity (Wildman–Crippen MR) is 136 cm³/mol. The van der Waals surface area contributed by atoms with Gasteiger partial charge in [-0.2, -0.15) is 5.10 Å². The summed E-state index contributed by atoms with van der Waals surface area (Å²) in [6.45, 7) is 1.53. The molecular weight excluding hydrogens is 512 g/mol. The highest BCUT2D eigenvalue weighted by molar-refractivity contribution is 6.40. The summed E-state index contributed by atoms with van der Waals surface area (Å²) in [6, 6.07) is 13.9. The highest BCUT2D eigenvalue weighted by Gasteiger charge is 2.17. The lowest BCUT2D eigenvalue weighted by atomic mass is 10.1. The molecule has 3 rings (SSSR count). The largest absolute Gasteiger partial charge is 0.495 e. The van der Waals surface area contributed by atoms with E-state index in [0.717, 1.165) is 0 Å². The lowest BCUT2D eigenvalue weighted by Gasteiger charge is -2.13. The summed E-state index contributed by atoms with van der Waals surface area (Å²) in [6.07, 6.45) is 0. The fourth-order valence-corrected chi connectivity index (χ4v) is 3.43. The van der Waals surface area contributed by atoms with Gasteiger partial charge in [-0.15, -0.1) is 0 Å². The number of methoxy groups -OCH3 is 2. The number of nitrogens with zero attached hydrogens (tertiary/aromatic N) is 1. The van der Waals surface area contributed by atoms with Crippen molar-refractivity contribution < 1.29 is 28.2 Å². The number of ether oxygens (including phenoxy) is 3. The first-order valence-electron chi connectivity index (χ1n) is 10.5. The van der Waals surface area contributed by atoms with Crippen LogP contribution in [0, 0.1) is 5.82 Å². The fourth-order valence-electron chi connectivity index (χ4n) is 3.04. The van der Waals surface area contributed by atoms with Crippen molar-refractivity contribution in [2.24, 2.45) is 5.10 Å². The van der Waals surface area contributed by atoms with Crippen molar-refractivity contribution in [3.63, 3.8) is 0 Å². The van der Waals surface area contributed by atoms with Crippen LogP contribution < -0.4 is 25.0 Å². The highest BCUT2D eigenvalue weighted by Crippen LogP contribution is 2.30. The second kappa shape index (κ2) is 12.2. The molecule has 3 aromatic carbocycles. The Hall–Kier alpha value is -3.82. The van der Waals surface area contributed by atoms with Crippen molar-refractivity contribution in [3.05, 3.63) is 81.6 Å². The van der Waals surface area contributed by atoms with E-state index in [9.17, 15) is 14.0 Å². The number of carbonyl (C=O) groups is 2. The zero-order valence-electron chi connectivity index (χ0n) is 19.5. The van der Waals surface area contributed by atoms with Crippen LogP contribution in [0.5, 0.6) is 17.2 Å². The first kappa shape index (κ1) is 26.8. The predicted octanol–water partition coefficient (Wildman–Crippen LogP) is 5.21. The van der Waals surface area contributed by atoms with Crippen LogP contribution >= 0.6 is 23.2 Å². The maximum atomic E-state index is 14.0. The number of rotatable bonds is 8. The Morgan fingerprint density at radius 3 is 2.36 bits per heavy atom. The van der Waals surface area contributed by atoms with E-state index in [1.54, 1.807) is 43.3 Å². The van der Waals surface area contributed by atoms with Gasteiger partial charge in [0, 0.05) is 16.1 Å². The van der Waals surface area contributed by atoms with Crippen molar-refractivity contribution >= 4 is 46.4 Å². The van der Waals surface area contributed by atoms with Crippen LogP contribution in [-0.4, -0.2) is 31.7 Å². The third-order valence-electron chi connectivity index (χ3n) is 4.96. The number of carbonyl (C=O) groups excluding carboxylic acids is 2. The molecule has 0 radical (unpaired) electrons. The molecule has 0 saturated carbocycles. The van der Waals surface area contributed by atoms with Crippen LogP contribution in [0.3, 0.4) is 0 Å². The smallest absolute Gasteiger partial charge is 0.329 e. The SMILES string of the molecule is COc1ccc(Cl)cc1NC(=O)C(=O)NN=C(C)c1ccc(OCc2c(F)cccc2Cl)c(OC)c1. The van der Waals surface area contributed by atoms with Crippen LogP contribution in [0.2, 0.25) is 10.0 Å². The molecule has 0 atom stereocenters. The maximum absolute atomic E-state index is 14.0. The average Bonchev–Trinajstić information content (AvgIpc) is 2.86. The normalized spacial score (nSPS) is 11.0. The Balaban J connectivity index is 1.67. The molecule has 0 aromatic heterocycles. The number of nitrogens with one attached hydrogen (secondary N) is 2. The number of anilines is 1. The molecule has 0 aliphatic rings. The molecule has 36 heavy (non-hydrogen) atoms. The van der Waals surface area contributed by atoms with E-state index in [-0.39, 0.29) is 22.9 Å². The van der Waals surface area contributed by atoms with Gasteiger partial charge in [-0.1, -0.05) is 29.3 Å². The van der Waals surface area contributed by atoms with Gasteiger partial charge in [0.1, 0.15) is 18.2 Å². The molecule has 0 saturated heterocycles. The minimum atomic E-state index is -0.995. The number of halogens is 3. The van der Waals surface area contributed by atoms with Crippen molar-refractivity contribution in [1.82, 2.24) is 5.43 Å². The van der Waals surface area contributed by atoms with E-state index in [4.69, 9.17) is 37.4 Å². The molecule has 0 fully saturated rings. The van der Waals surface area contributed by atoms with E-state index in [2.05, 4.69) is 15.8 Å². The summed E-state index contributed by atoms with van der Waals surface area (Å²) in [5, 5.41) is 7.01. The average molecular weight is 534 g/mol. The van der Waals surface area contributed by atoms with E-state index in [0.29, 0.717) is 33.5 Å². The van der Waals surface area contributed by atoms with Crippen LogP contribution in [-0.2, 0) is 16.2 Å². The molecule has 0 bridgehead atoms. The third-order valence-corrected chi connectivity index (χ3v) is 5.55. The number of amides is 2. The molecule has 2 N–H and O–H groups in total. The van der Waals surface area contributed by atoms with Gasteiger partial charge in [0.2, 0.25) is 0 Å². The van der Waals surface area contributed by atoms with Crippen LogP contribution in [0.25, 0.3) is 0 Å². The molecule has 3 aromatic rings. The number of hydrazone groups is 1. The summed E-state index contributed by atoms with van der Waals surface area (Å²) in [5.74, 6) is -1.38. The minimum absolute atomic E-state index is 0.100. The monoisotopic (exact) mass is 533 g/mol. The molecular formula is C25H22Cl2FN3O5. The van der Waals surface area contributed by atoms with Gasteiger partial charge in [-0.05, 0) is 55.5 Å². The molecule has 11 heteroatoms. The molecule has 0 unspecified atom stereocenters. The summed E-state index contributed by atoms with van der Waals surface area (Å²) < 4.78 is 30.2. The van der Waals surface area contributed by atoms with E-state index in [1.807, 2.05) is 0 Å². The topological polar surface area (TPSA) is 98.2 Å². The molecule has 0 spiro atoms. The fraction of sp³-hybridized carbons (Fsp3) is 0.160. The Morgan fingerprint density at radius 1 is 0.944 bits per heavy atom.